The van der Waals surface area contributed by atoms with Gasteiger partial charge in [-0.25, -0.2) is 4.39 Å². The maximum Gasteiger partial charge on any atom is 0.274 e. The predicted octanol–water partition coefficient (Wildman–Crippen LogP) is 3.40. The van der Waals surface area contributed by atoms with Gasteiger partial charge >= 0.3 is 0 Å². The first-order valence-corrected chi connectivity index (χ1v) is 9.88. The average molecular weight is 397 g/mol. The summed E-state index contributed by atoms with van der Waals surface area (Å²) >= 11 is 0. The maximum atomic E-state index is 13.0. The van der Waals surface area contributed by atoms with Crippen LogP contribution < -0.4 is 0 Å². The Morgan fingerprint density at radius 1 is 1.24 bits per heavy atom. The highest BCUT2D eigenvalue weighted by atomic mass is 19.1. The van der Waals surface area contributed by atoms with E-state index in [1.807, 2.05) is 24.9 Å². The number of nitrogens with zero attached hydrogens (tertiary/aromatic N) is 5. The highest BCUT2D eigenvalue weighted by Gasteiger charge is 2.25. The molecular weight excluding hydrogens is 373 g/mol. The zero-order valence-corrected chi connectivity index (χ0v) is 16.6. The van der Waals surface area contributed by atoms with Crippen molar-refractivity contribution in [3.05, 3.63) is 53.4 Å². The Kier molecular flexibility index (Phi) is 5.42. The van der Waals surface area contributed by atoms with Crippen LogP contribution in [0.1, 0.15) is 41.3 Å². The van der Waals surface area contributed by atoms with E-state index in [1.165, 1.54) is 12.1 Å². The number of halogens is 1. The molecule has 0 bridgehead atoms. The summed E-state index contributed by atoms with van der Waals surface area (Å²) in [6.07, 6.45) is 3.59. The number of rotatable bonds is 5. The highest BCUT2D eigenvalue weighted by Crippen LogP contribution is 2.24. The molecule has 4 rings (SSSR count). The van der Waals surface area contributed by atoms with Crippen LogP contribution in [-0.2, 0) is 13.5 Å². The van der Waals surface area contributed by atoms with Gasteiger partial charge in [-0.05, 0) is 62.4 Å². The number of aromatic nitrogens is 4. The number of likely N-dealkylation sites (tertiary alicyclic amines) is 1. The number of benzene rings is 1. The molecule has 1 aromatic carbocycles. The lowest BCUT2D eigenvalue weighted by atomic mass is 9.92. The van der Waals surface area contributed by atoms with Gasteiger partial charge in [0.25, 0.3) is 11.8 Å². The largest absolute Gasteiger partial charge is 0.337 e. The average Bonchev–Trinajstić information content (AvgIpc) is 3.34. The number of hydrogen-bond acceptors (Lipinski definition) is 5. The second kappa shape index (κ2) is 8.14. The van der Waals surface area contributed by atoms with Gasteiger partial charge in [-0.3, -0.25) is 9.48 Å². The highest BCUT2D eigenvalue weighted by molar-refractivity contribution is 5.92. The lowest BCUT2D eigenvalue weighted by molar-refractivity contribution is 0.0680. The minimum Gasteiger partial charge on any atom is -0.337 e. The van der Waals surface area contributed by atoms with E-state index in [1.54, 1.807) is 16.8 Å². The first-order valence-electron chi connectivity index (χ1n) is 9.88. The summed E-state index contributed by atoms with van der Waals surface area (Å²) in [6.45, 7) is 3.42. The Balaban J connectivity index is 1.27. The molecule has 1 saturated heterocycles. The molecule has 0 N–H and O–H groups in total. The fourth-order valence-electron chi connectivity index (χ4n) is 3.65. The van der Waals surface area contributed by atoms with E-state index >= 15 is 0 Å². The van der Waals surface area contributed by atoms with Crippen molar-refractivity contribution in [3.8, 4) is 11.5 Å². The fraction of sp³-hybridized carbons (Fsp3) is 0.429. The Labute approximate surface area is 168 Å². The molecule has 1 fully saturated rings. The molecule has 1 aliphatic rings. The molecule has 0 unspecified atom stereocenters. The fourth-order valence-corrected chi connectivity index (χ4v) is 3.65. The third-order valence-electron chi connectivity index (χ3n) is 5.57. The minimum atomic E-state index is -0.295. The molecule has 3 aromatic rings. The van der Waals surface area contributed by atoms with Crippen molar-refractivity contribution in [1.82, 2.24) is 24.8 Å². The zero-order chi connectivity index (χ0) is 20.4. The third kappa shape index (κ3) is 4.36. The van der Waals surface area contributed by atoms with Crippen molar-refractivity contribution < 1.29 is 13.7 Å². The van der Waals surface area contributed by atoms with Crippen molar-refractivity contribution in [1.29, 1.82) is 0 Å². The summed E-state index contributed by atoms with van der Waals surface area (Å²) in [5.41, 5.74) is 2.20. The van der Waals surface area contributed by atoms with Gasteiger partial charge in [0.15, 0.2) is 11.5 Å². The summed E-state index contributed by atoms with van der Waals surface area (Å²) in [5.74, 6) is 1.31. The van der Waals surface area contributed by atoms with Crippen molar-refractivity contribution >= 4 is 5.91 Å². The Bertz CT molecular complexity index is 967. The molecule has 0 spiro atoms. The van der Waals surface area contributed by atoms with Gasteiger partial charge in [-0.2, -0.15) is 10.1 Å². The third-order valence-corrected chi connectivity index (χ3v) is 5.57. The normalized spacial score (nSPS) is 15.1. The topological polar surface area (TPSA) is 77.1 Å². The second-order valence-corrected chi connectivity index (χ2v) is 7.59. The number of carbonyl (C=O) groups is 1. The van der Waals surface area contributed by atoms with Crippen LogP contribution in [0.5, 0.6) is 0 Å². The van der Waals surface area contributed by atoms with Crippen LogP contribution in [0.3, 0.4) is 0 Å². The van der Waals surface area contributed by atoms with E-state index in [4.69, 9.17) is 4.52 Å². The number of carbonyl (C=O) groups excluding carboxylic acids is 1. The molecular formula is C21H24FN5O2. The first kappa shape index (κ1) is 19.3. The molecule has 7 nitrogen and oxygen atoms in total. The first-order chi connectivity index (χ1) is 14.0. The van der Waals surface area contributed by atoms with Gasteiger partial charge in [0.1, 0.15) is 5.82 Å². The number of amides is 1. The van der Waals surface area contributed by atoms with E-state index < -0.39 is 0 Å². The van der Waals surface area contributed by atoms with Gasteiger partial charge in [0, 0.05) is 37.8 Å². The van der Waals surface area contributed by atoms with Gasteiger partial charge in [-0.1, -0.05) is 5.16 Å². The summed E-state index contributed by atoms with van der Waals surface area (Å²) in [6, 6.07) is 7.84. The molecule has 3 heterocycles. The van der Waals surface area contributed by atoms with Crippen LogP contribution in [0.2, 0.25) is 0 Å². The molecule has 29 heavy (non-hydrogen) atoms. The molecule has 2 aromatic heterocycles. The zero-order valence-electron chi connectivity index (χ0n) is 16.6. The van der Waals surface area contributed by atoms with Crippen molar-refractivity contribution in [2.24, 2.45) is 13.0 Å². The lowest BCUT2D eigenvalue weighted by Crippen LogP contribution is -2.38. The van der Waals surface area contributed by atoms with Gasteiger partial charge < -0.3 is 9.42 Å². The molecule has 0 radical (unpaired) electrons. The summed E-state index contributed by atoms with van der Waals surface area (Å²) in [5, 5.41) is 8.33. The van der Waals surface area contributed by atoms with Crippen LogP contribution in [0.15, 0.2) is 34.9 Å². The molecule has 8 heteroatoms. The Morgan fingerprint density at radius 2 is 1.97 bits per heavy atom. The quantitative estimate of drug-likeness (QED) is 0.659. The van der Waals surface area contributed by atoms with E-state index in [2.05, 4.69) is 15.2 Å². The van der Waals surface area contributed by atoms with Gasteiger partial charge in [0.2, 0.25) is 0 Å². The summed E-state index contributed by atoms with van der Waals surface area (Å²) in [7, 11) is 1.85. The van der Waals surface area contributed by atoms with Crippen molar-refractivity contribution in [2.45, 2.75) is 32.6 Å². The van der Waals surface area contributed by atoms with Gasteiger partial charge in [-0.15, -0.1) is 0 Å². The molecule has 152 valence electrons. The Hall–Kier alpha value is -3.03. The number of hydrogen-bond donors (Lipinski definition) is 0. The standard InChI is InChI=1S/C21H24FN5O2/c1-14-13-18(24-26(14)2)21(28)27-11-9-15(10-12-27)3-8-19-23-20(29-25-19)16-4-6-17(22)7-5-16/h4-7,13,15H,3,8-12H2,1-2H3. The second-order valence-electron chi connectivity index (χ2n) is 7.59. The van der Waals surface area contributed by atoms with Crippen molar-refractivity contribution in [2.75, 3.05) is 13.1 Å². The van der Waals surface area contributed by atoms with Gasteiger partial charge in [0.05, 0.1) is 0 Å². The van der Waals surface area contributed by atoms with E-state index in [9.17, 15) is 9.18 Å². The van der Waals surface area contributed by atoms with E-state index in [0.29, 0.717) is 28.9 Å². The monoisotopic (exact) mass is 397 g/mol. The van der Waals surface area contributed by atoms with Crippen molar-refractivity contribution in [3.63, 3.8) is 0 Å². The summed E-state index contributed by atoms with van der Waals surface area (Å²) < 4.78 is 20.1. The molecule has 1 amide bonds. The molecule has 0 saturated carbocycles. The minimum absolute atomic E-state index is 0.00857. The van der Waals surface area contributed by atoms with Crippen LogP contribution in [0.25, 0.3) is 11.5 Å². The van der Waals surface area contributed by atoms with Crippen LogP contribution in [0, 0.1) is 18.7 Å². The van der Waals surface area contributed by atoms with Crippen LogP contribution >= 0.6 is 0 Å². The van der Waals surface area contributed by atoms with Crippen LogP contribution in [-0.4, -0.2) is 43.8 Å². The lowest BCUT2D eigenvalue weighted by Gasteiger charge is -2.31. The SMILES string of the molecule is Cc1cc(C(=O)N2CCC(CCc3noc(-c4ccc(F)cc4)n3)CC2)nn1C. The number of aryl methyl sites for hydroxylation is 3. The smallest absolute Gasteiger partial charge is 0.274 e. The van der Waals surface area contributed by atoms with E-state index in [0.717, 1.165) is 44.5 Å². The van der Waals surface area contributed by atoms with E-state index in [-0.39, 0.29) is 11.7 Å². The maximum absolute atomic E-state index is 13.0. The van der Waals surface area contributed by atoms with Crippen LogP contribution in [0.4, 0.5) is 4.39 Å². The molecule has 1 aliphatic heterocycles. The number of piperidine rings is 1. The predicted molar refractivity (Wildman–Crippen MR) is 105 cm³/mol. The molecule has 0 atom stereocenters. The Morgan fingerprint density at radius 3 is 2.62 bits per heavy atom. The molecule has 0 aliphatic carbocycles. The summed E-state index contributed by atoms with van der Waals surface area (Å²) in [4.78, 5) is 18.9.